The maximum absolute atomic E-state index is 12.8. The smallest absolute Gasteiger partial charge is 0.320 e. The molecule has 0 aliphatic rings. The average molecular weight is 367 g/mol. The van der Waals surface area contributed by atoms with Crippen molar-refractivity contribution in [3.8, 4) is 0 Å². The Morgan fingerprint density at radius 3 is 2.15 bits per heavy atom. The zero-order valence-corrected chi connectivity index (χ0v) is 16.3. The minimum atomic E-state index is -0.470. The number of urea groups is 1. The largest absolute Gasteiger partial charge is 0.377 e. The van der Waals surface area contributed by atoms with Gasteiger partial charge in [-0.05, 0) is 24.6 Å². The number of anilines is 2. The van der Waals surface area contributed by atoms with Crippen molar-refractivity contribution in [3.05, 3.63) is 60.2 Å². The second-order valence-electron chi connectivity index (χ2n) is 6.67. The molecule has 0 atom stereocenters. The highest BCUT2D eigenvalue weighted by atomic mass is 16.2. The molecular formula is C19H25N7O. The van der Waals surface area contributed by atoms with Gasteiger partial charge in [0, 0.05) is 64.4 Å². The van der Waals surface area contributed by atoms with Gasteiger partial charge in [0.05, 0.1) is 0 Å². The zero-order valence-electron chi connectivity index (χ0n) is 16.3. The van der Waals surface area contributed by atoms with Crippen LogP contribution in [0.2, 0.25) is 0 Å². The molecule has 2 N–H and O–H groups in total. The maximum atomic E-state index is 12.8. The number of rotatable bonds is 5. The summed E-state index contributed by atoms with van der Waals surface area (Å²) in [4.78, 5) is 23.6. The maximum Gasteiger partial charge on any atom is 0.320 e. The van der Waals surface area contributed by atoms with E-state index in [0.717, 1.165) is 16.9 Å². The van der Waals surface area contributed by atoms with Gasteiger partial charge < -0.3 is 24.7 Å². The molecule has 1 aromatic carbocycles. The Morgan fingerprint density at radius 1 is 1.07 bits per heavy atom. The SMILES string of the molecule is Cc1c(NC(=O)NC(c2nccn2C)c2nccn2C)cccc1N(C)C. The Hall–Kier alpha value is -3.29. The van der Waals surface area contributed by atoms with Gasteiger partial charge in [0.15, 0.2) is 0 Å². The van der Waals surface area contributed by atoms with Crippen molar-refractivity contribution in [1.29, 1.82) is 0 Å². The predicted octanol–water partition coefficient (Wildman–Crippen LogP) is 2.44. The molecule has 3 rings (SSSR count). The van der Waals surface area contributed by atoms with E-state index in [9.17, 15) is 4.79 Å². The number of carbonyl (C=O) groups is 1. The second-order valence-corrected chi connectivity index (χ2v) is 6.67. The molecule has 2 aromatic heterocycles. The summed E-state index contributed by atoms with van der Waals surface area (Å²) in [5.74, 6) is 1.41. The molecule has 0 saturated carbocycles. The fourth-order valence-corrected chi connectivity index (χ4v) is 3.09. The number of aryl methyl sites for hydroxylation is 2. The normalized spacial score (nSPS) is 10.9. The van der Waals surface area contributed by atoms with E-state index in [1.165, 1.54) is 0 Å². The van der Waals surface area contributed by atoms with Crippen molar-refractivity contribution < 1.29 is 4.79 Å². The van der Waals surface area contributed by atoms with Crippen LogP contribution in [0.4, 0.5) is 16.2 Å². The molecule has 8 nitrogen and oxygen atoms in total. The van der Waals surface area contributed by atoms with E-state index in [1.54, 1.807) is 12.4 Å². The number of amides is 2. The van der Waals surface area contributed by atoms with E-state index >= 15 is 0 Å². The fraction of sp³-hybridized carbons (Fsp3) is 0.316. The third-order valence-corrected chi connectivity index (χ3v) is 4.54. The molecule has 2 amide bonds. The number of hydrogen-bond donors (Lipinski definition) is 2. The molecule has 27 heavy (non-hydrogen) atoms. The molecule has 0 saturated heterocycles. The van der Waals surface area contributed by atoms with Gasteiger partial charge in [0.2, 0.25) is 0 Å². The molecule has 0 aliphatic carbocycles. The first-order valence-electron chi connectivity index (χ1n) is 8.67. The lowest BCUT2D eigenvalue weighted by molar-refractivity contribution is 0.249. The highest BCUT2D eigenvalue weighted by Crippen LogP contribution is 2.25. The van der Waals surface area contributed by atoms with Crippen LogP contribution in [0.3, 0.4) is 0 Å². The minimum absolute atomic E-state index is 0.315. The Kier molecular flexibility index (Phi) is 5.16. The van der Waals surface area contributed by atoms with Gasteiger partial charge in [-0.25, -0.2) is 14.8 Å². The number of carbonyl (C=O) groups excluding carboxylic acids is 1. The van der Waals surface area contributed by atoms with Crippen molar-refractivity contribution in [2.24, 2.45) is 14.1 Å². The number of imidazole rings is 2. The van der Waals surface area contributed by atoms with Crippen LogP contribution in [0.25, 0.3) is 0 Å². The predicted molar refractivity (Wildman–Crippen MR) is 106 cm³/mol. The zero-order chi connectivity index (χ0) is 19.6. The van der Waals surface area contributed by atoms with Crippen molar-refractivity contribution in [2.75, 3.05) is 24.3 Å². The summed E-state index contributed by atoms with van der Waals surface area (Å²) < 4.78 is 3.75. The van der Waals surface area contributed by atoms with Crippen LogP contribution in [-0.2, 0) is 14.1 Å². The van der Waals surface area contributed by atoms with Gasteiger partial charge in [0.25, 0.3) is 0 Å². The standard InChI is InChI=1S/C19H25N7O/c1-13-14(7-6-8-15(13)24(2)3)22-19(27)23-16(17-20-9-11-25(17)4)18-21-10-12-26(18)5/h6-12,16H,1-5H3,(H2,22,23,27). The number of nitrogens with zero attached hydrogens (tertiary/aromatic N) is 5. The van der Waals surface area contributed by atoms with Gasteiger partial charge in [-0.2, -0.15) is 0 Å². The molecule has 0 fully saturated rings. The molecule has 0 bridgehead atoms. The van der Waals surface area contributed by atoms with E-state index < -0.39 is 6.04 Å². The van der Waals surface area contributed by atoms with Crippen molar-refractivity contribution in [2.45, 2.75) is 13.0 Å². The topological polar surface area (TPSA) is 80.0 Å². The van der Waals surface area contributed by atoms with Crippen LogP contribution in [0.1, 0.15) is 23.3 Å². The van der Waals surface area contributed by atoms with Crippen LogP contribution in [0, 0.1) is 6.92 Å². The summed E-state index contributed by atoms with van der Waals surface area (Å²) >= 11 is 0. The van der Waals surface area contributed by atoms with E-state index in [2.05, 4.69) is 20.6 Å². The molecule has 0 unspecified atom stereocenters. The van der Waals surface area contributed by atoms with Crippen molar-refractivity contribution in [3.63, 3.8) is 0 Å². The number of aromatic nitrogens is 4. The summed E-state index contributed by atoms with van der Waals surface area (Å²) in [6, 6.07) is 5.04. The summed E-state index contributed by atoms with van der Waals surface area (Å²) in [6.45, 7) is 1.99. The third-order valence-electron chi connectivity index (χ3n) is 4.54. The molecule has 0 spiro atoms. The van der Waals surface area contributed by atoms with E-state index in [1.807, 2.05) is 79.7 Å². The van der Waals surface area contributed by atoms with Gasteiger partial charge in [-0.3, -0.25) is 0 Å². The molecule has 3 aromatic rings. The van der Waals surface area contributed by atoms with E-state index in [4.69, 9.17) is 0 Å². The molecule has 142 valence electrons. The summed E-state index contributed by atoms with van der Waals surface area (Å²) in [5, 5.41) is 5.95. The van der Waals surface area contributed by atoms with Crippen LogP contribution in [0.15, 0.2) is 43.0 Å². The molecule has 8 heteroatoms. The first-order chi connectivity index (χ1) is 12.9. The Balaban J connectivity index is 1.85. The Labute approximate surface area is 158 Å². The lowest BCUT2D eigenvalue weighted by atomic mass is 10.1. The Bertz CT molecular complexity index is 901. The number of benzene rings is 1. The monoisotopic (exact) mass is 367 g/mol. The fourth-order valence-electron chi connectivity index (χ4n) is 3.09. The number of nitrogens with one attached hydrogen (secondary N) is 2. The lowest BCUT2D eigenvalue weighted by Crippen LogP contribution is -2.36. The molecule has 0 radical (unpaired) electrons. The summed E-state index contributed by atoms with van der Waals surface area (Å²) in [6.07, 6.45) is 7.09. The highest BCUT2D eigenvalue weighted by molar-refractivity contribution is 5.91. The highest BCUT2D eigenvalue weighted by Gasteiger charge is 2.24. The lowest BCUT2D eigenvalue weighted by Gasteiger charge is -2.21. The second kappa shape index (κ2) is 7.53. The number of hydrogen-bond acceptors (Lipinski definition) is 4. The molecule has 0 aliphatic heterocycles. The Morgan fingerprint density at radius 2 is 1.67 bits per heavy atom. The quantitative estimate of drug-likeness (QED) is 0.726. The van der Waals surface area contributed by atoms with E-state index in [-0.39, 0.29) is 6.03 Å². The van der Waals surface area contributed by atoms with Crippen molar-refractivity contribution in [1.82, 2.24) is 24.4 Å². The molecular weight excluding hydrogens is 342 g/mol. The van der Waals surface area contributed by atoms with Crippen molar-refractivity contribution >= 4 is 17.4 Å². The summed E-state index contributed by atoms with van der Waals surface area (Å²) in [7, 11) is 7.74. The van der Waals surface area contributed by atoms with Gasteiger partial charge in [0.1, 0.15) is 17.7 Å². The van der Waals surface area contributed by atoms with Gasteiger partial charge >= 0.3 is 6.03 Å². The first-order valence-corrected chi connectivity index (χ1v) is 8.67. The molecule has 2 heterocycles. The van der Waals surface area contributed by atoms with Crippen LogP contribution in [0.5, 0.6) is 0 Å². The van der Waals surface area contributed by atoms with Gasteiger partial charge in [-0.1, -0.05) is 6.07 Å². The van der Waals surface area contributed by atoms with Crippen LogP contribution >= 0.6 is 0 Å². The minimum Gasteiger partial charge on any atom is -0.377 e. The van der Waals surface area contributed by atoms with Crippen LogP contribution < -0.4 is 15.5 Å². The van der Waals surface area contributed by atoms with E-state index in [0.29, 0.717) is 11.6 Å². The van der Waals surface area contributed by atoms with Gasteiger partial charge in [-0.15, -0.1) is 0 Å². The average Bonchev–Trinajstić information content (AvgIpc) is 3.23. The summed E-state index contributed by atoms with van der Waals surface area (Å²) in [5.41, 5.74) is 2.82. The van der Waals surface area contributed by atoms with Crippen LogP contribution in [-0.4, -0.2) is 39.2 Å². The first kappa shape index (κ1) is 18.5. The third kappa shape index (κ3) is 3.79.